The first-order valence-corrected chi connectivity index (χ1v) is 14.3. The summed E-state index contributed by atoms with van der Waals surface area (Å²) in [5.41, 5.74) is 5.79. The second-order valence-corrected chi connectivity index (χ2v) is 11.3. The standard InChI is InChI=1S/C33H29ClF2N4O3/c1-17-12-29(41)39-26-5-3-4-22(32(26)37-17)23-15-21(35)8-11-28(23)43-16-20-7-10-27-33(38-18(2)13-30(42)40-27)31(20)19-6-9-25(36)24(34)14-19/h3-11,14-15,17-18,37-38H,12-13,16H2,1-2H3,(H,39,41)(H,40,42)/t17-,18-/m1/s1. The Morgan fingerprint density at radius 3 is 2.23 bits per heavy atom. The molecule has 2 aliphatic rings. The molecule has 4 aromatic carbocycles. The summed E-state index contributed by atoms with van der Waals surface area (Å²) in [6.07, 6.45) is 0.569. The fourth-order valence-electron chi connectivity index (χ4n) is 5.59. The molecule has 0 bridgehead atoms. The van der Waals surface area contributed by atoms with Gasteiger partial charge < -0.3 is 26.0 Å². The Kier molecular flexibility index (Phi) is 7.66. The van der Waals surface area contributed by atoms with Crippen LogP contribution in [-0.2, 0) is 16.2 Å². The number of nitrogens with one attached hydrogen (secondary N) is 4. The number of halogens is 3. The molecule has 0 saturated carbocycles. The van der Waals surface area contributed by atoms with E-state index in [1.807, 2.05) is 26.0 Å². The third-order valence-corrected chi connectivity index (χ3v) is 7.78. The molecule has 220 valence electrons. The van der Waals surface area contributed by atoms with E-state index in [1.54, 1.807) is 36.4 Å². The molecule has 43 heavy (non-hydrogen) atoms. The van der Waals surface area contributed by atoms with Crippen molar-refractivity contribution >= 4 is 46.2 Å². The summed E-state index contributed by atoms with van der Waals surface area (Å²) in [7, 11) is 0. The van der Waals surface area contributed by atoms with E-state index in [9.17, 15) is 18.4 Å². The van der Waals surface area contributed by atoms with Gasteiger partial charge in [-0.25, -0.2) is 8.78 Å². The second-order valence-electron chi connectivity index (χ2n) is 10.9. The van der Waals surface area contributed by atoms with Crippen LogP contribution in [0.25, 0.3) is 22.3 Å². The van der Waals surface area contributed by atoms with Gasteiger partial charge in [0.1, 0.15) is 24.0 Å². The Bertz CT molecular complexity index is 1760. The highest BCUT2D eigenvalue weighted by Crippen LogP contribution is 2.43. The van der Waals surface area contributed by atoms with E-state index in [2.05, 4.69) is 21.3 Å². The van der Waals surface area contributed by atoms with E-state index >= 15 is 0 Å². The summed E-state index contributed by atoms with van der Waals surface area (Å²) in [5.74, 6) is -0.791. The number of rotatable bonds is 5. The van der Waals surface area contributed by atoms with E-state index in [0.717, 1.165) is 5.56 Å². The van der Waals surface area contributed by atoms with Gasteiger partial charge in [0.25, 0.3) is 0 Å². The van der Waals surface area contributed by atoms with Crippen LogP contribution in [0.5, 0.6) is 5.75 Å². The Hall–Kier alpha value is -4.63. The Morgan fingerprint density at radius 2 is 1.51 bits per heavy atom. The molecule has 0 fully saturated rings. The summed E-state index contributed by atoms with van der Waals surface area (Å²) in [6.45, 7) is 3.88. The van der Waals surface area contributed by atoms with E-state index in [-0.39, 0.29) is 41.9 Å². The van der Waals surface area contributed by atoms with Crippen LogP contribution in [0.4, 0.5) is 31.5 Å². The number of benzene rings is 4. The minimum atomic E-state index is -0.545. The molecular weight excluding hydrogens is 574 g/mol. The summed E-state index contributed by atoms with van der Waals surface area (Å²) < 4.78 is 35.2. The zero-order chi connectivity index (χ0) is 30.2. The molecule has 0 spiro atoms. The first-order valence-electron chi connectivity index (χ1n) is 14.0. The lowest BCUT2D eigenvalue weighted by molar-refractivity contribution is -0.117. The van der Waals surface area contributed by atoms with Crippen LogP contribution in [0.1, 0.15) is 32.3 Å². The number of amides is 2. The molecule has 0 aliphatic carbocycles. The van der Waals surface area contributed by atoms with Crippen molar-refractivity contribution in [3.8, 4) is 28.0 Å². The third-order valence-electron chi connectivity index (χ3n) is 7.49. The van der Waals surface area contributed by atoms with Gasteiger partial charge in [-0.1, -0.05) is 35.9 Å². The maximum absolute atomic E-state index is 14.7. The maximum Gasteiger partial charge on any atom is 0.226 e. The maximum atomic E-state index is 14.7. The molecule has 10 heteroatoms. The molecule has 0 saturated heterocycles. The van der Waals surface area contributed by atoms with E-state index in [0.29, 0.717) is 57.2 Å². The number of hydrogen-bond donors (Lipinski definition) is 4. The first-order chi connectivity index (χ1) is 20.7. The summed E-state index contributed by atoms with van der Waals surface area (Å²) in [6, 6.07) is 17.5. The van der Waals surface area contributed by atoms with Crippen LogP contribution in [0, 0.1) is 11.6 Å². The average Bonchev–Trinajstić information content (AvgIpc) is 3.20. The highest BCUT2D eigenvalue weighted by atomic mass is 35.5. The minimum absolute atomic E-state index is 0.0351. The zero-order valence-corrected chi connectivity index (χ0v) is 24.2. The molecule has 2 atom stereocenters. The van der Waals surface area contributed by atoms with Crippen LogP contribution < -0.4 is 26.0 Å². The van der Waals surface area contributed by atoms with Crippen molar-refractivity contribution in [1.29, 1.82) is 0 Å². The quantitative estimate of drug-likeness (QED) is 0.187. The number of para-hydroxylation sites is 1. The van der Waals surface area contributed by atoms with Crippen LogP contribution in [-0.4, -0.2) is 23.9 Å². The first kappa shape index (κ1) is 28.5. The molecule has 2 aliphatic heterocycles. The SMILES string of the molecule is C[C@@H]1CC(=O)Nc2cccc(-c3cc(F)ccc3OCc3ccc4c(c3-c3ccc(F)c(Cl)c3)N[C@H](C)CC(=O)N4)c2N1. The molecule has 0 aromatic heterocycles. The lowest BCUT2D eigenvalue weighted by Crippen LogP contribution is -2.19. The summed E-state index contributed by atoms with van der Waals surface area (Å²) >= 11 is 6.18. The number of fused-ring (bicyclic) bond motifs is 2. The monoisotopic (exact) mass is 602 g/mol. The Balaban J connectivity index is 1.43. The predicted molar refractivity (Wildman–Crippen MR) is 166 cm³/mol. The van der Waals surface area contributed by atoms with Gasteiger partial charge in [0.15, 0.2) is 0 Å². The fraction of sp³-hybridized carbons (Fsp3) is 0.212. The van der Waals surface area contributed by atoms with Gasteiger partial charge in [-0.2, -0.15) is 0 Å². The molecule has 0 radical (unpaired) electrons. The number of carbonyl (C=O) groups is 2. The number of hydrogen-bond acceptors (Lipinski definition) is 5. The lowest BCUT2D eigenvalue weighted by Gasteiger charge is -2.22. The number of carbonyl (C=O) groups excluding carboxylic acids is 2. The molecule has 0 unspecified atom stereocenters. The van der Waals surface area contributed by atoms with Crippen LogP contribution in [0.2, 0.25) is 5.02 Å². The van der Waals surface area contributed by atoms with E-state index in [1.165, 1.54) is 18.2 Å². The lowest BCUT2D eigenvalue weighted by atomic mass is 9.96. The van der Waals surface area contributed by atoms with Crippen LogP contribution in [0.15, 0.2) is 66.7 Å². The van der Waals surface area contributed by atoms with Gasteiger partial charge in [0.05, 0.1) is 27.8 Å². The third kappa shape index (κ3) is 5.85. The van der Waals surface area contributed by atoms with E-state index in [4.69, 9.17) is 16.3 Å². The largest absolute Gasteiger partial charge is 0.488 e. The predicted octanol–water partition coefficient (Wildman–Crippen LogP) is 7.82. The van der Waals surface area contributed by atoms with E-state index < -0.39 is 11.6 Å². The molecule has 2 amide bonds. The molecule has 7 nitrogen and oxygen atoms in total. The van der Waals surface area contributed by atoms with Crippen molar-refractivity contribution in [2.75, 3.05) is 21.3 Å². The van der Waals surface area contributed by atoms with Crippen LogP contribution in [0.3, 0.4) is 0 Å². The normalized spacial score (nSPS) is 17.7. The summed E-state index contributed by atoms with van der Waals surface area (Å²) in [4.78, 5) is 24.8. The van der Waals surface area contributed by atoms with Crippen molar-refractivity contribution in [3.63, 3.8) is 0 Å². The fourth-order valence-corrected chi connectivity index (χ4v) is 5.77. The average molecular weight is 603 g/mol. The van der Waals surface area contributed by atoms with Gasteiger partial charge in [0.2, 0.25) is 11.8 Å². The van der Waals surface area contributed by atoms with Gasteiger partial charge in [-0.3, -0.25) is 9.59 Å². The van der Waals surface area contributed by atoms with Gasteiger partial charge in [-0.05, 0) is 67.4 Å². The molecule has 2 heterocycles. The summed E-state index contributed by atoms with van der Waals surface area (Å²) in [5, 5.41) is 12.6. The van der Waals surface area contributed by atoms with Crippen molar-refractivity contribution in [2.24, 2.45) is 0 Å². The topological polar surface area (TPSA) is 91.5 Å². The number of ether oxygens (including phenoxy) is 1. The van der Waals surface area contributed by atoms with Crippen molar-refractivity contribution in [1.82, 2.24) is 0 Å². The van der Waals surface area contributed by atoms with Gasteiger partial charge >= 0.3 is 0 Å². The minimum Gasteiger partial charge on any atom is -0.488 e. The van der Waals surface area contributed by atoms with Crippen LogP contribution >= 0.6 is 11.6 Å². The molecule has 4 aromatic rings. The van der Waals surface area contributed by atoms with Crippen molar-refractivity contribution in [2.45, 2.75) is 45.4 Å². The van der Waals surface area contributed by atoms with Gasteiger partial charge in [-0.15, -0.1) is 0 Å². The zero-order valence-electron chi connectivity index (χ0n) is 23.5. The second kappa shape index (κ2) is 11.6. The Morgan fingerprint density at radius 1 is 0.814 bits per heavy atom. The Labute approximate surface area is 252 Å². The number of anilines is 4. The van der Waals surface area contributed by atoms with Gasteiger partial charge in [0, 0.05) is 41.6 Å². The molecule has 4 N–H and O–H groups in total. The smallest absolute Gasteiger partial charge is 0.226 e. The molecular formula is C33H29ClF2N4O3. The highest BCUT2D eigenvalue weighted by Gasteiger charge is 2.25. The van der Waals surface area contributed by atoms with Crippen molar-refractivity contribution < 1.29 is 23.1 Å². The van der Waals surface area contributed by atoms with Crippen molar-refractivity contribution in [3.05, 3.63) is 89.0 Å². The molecule has 6 rings (SSSR count). The highest BCUT2D eigenvalue weighted by molar-refractivity contribution is 6.31.